The van der Waals surface area contributed by atoms with Crippen LogP contribution in [0.5, 0.6) is 0 Å². The lowest BCUT2D eigenvalue weighted by atomic mass is 10.3. The van der Waals surface area contributed by atoms with Crippen molar-refractivity contribution in [1.82, 2.24) is 0 Å². The van der Waals surface area contributed by atoms with Crippen LogP contribution in [-0.2, 0) is 4.79 Å². The highest BCUT2D eigenvalue weighted by Gasteiger charge is 2.60. The van der Waals surface area contributed by atoms with E-state index in [0.717, 1.165) is 0 Å². The molecule has 0 atom stereocenters. The van der Waals surface area contributed by atoms with Crippen molar-refractivity contribution in [2.24, 2.45) is 0 Å². The second kappa shape index (κ2) is 2.30. The molecule has 7 heteroatoms. The van der Waals surface area contributed by atoms with Gasteiger partial charge in [-0.25, -0.2) is 4.79 Å². The average molecular weight is 178 g/mol. The molecular weight excluding hydrogens is 176 g/mol. The van der Waals surface area contributed by atoms with E-state index in [9.17, 15) is 22.4 Å². The van der Waals surface area contributed by atoms with Crippen molar-refractivity contribution < 1.29 is 27.5 Å². The Bertz CT molecular complexity index is 151. The Labute approximate surface area is 58.2 Å². The molecule has 0 bridgehead atoms. The number of halogens is 4. The number of hydrogen-bond donors (Lipinski definition) is 2. The predicted molar refractivity (Wildman–Crippen MR) is 26.5 cm³/mol. The fourth-order valence-electron chi connectivity index (χ4n) is 0.129. The summed E-state index contributed by atoms with van der Waals surface area (Å²) < 4.78 is 46.2. The van der Waals surface area contributed by atoms with E-state index in [0.29, 0.717) is 0 Å². The average Bonchev–Trinajstić information content (AvgIpc) is 1.62. The molecule has 60 valence electrons. The first-order valence-electron chi connectivity index (χ1n) is 1.91. The standard InChI is InChI=1S/C3H2F4O2S/c4-2(5,1(8)9)3(6,7)10/h10H,(H,8,9). The van der Waals surface area contributed by atoms with Crippen molar-refractivity contribution >= 4 is 18.6 Å². The number of carboxylic acid groups (broad SMARTS) is 1. The molecule has 10 heavy (non-hydrogen) atoms. The summed E-state index contributed by atoms with van der Waals surface area (Å²) in [6, 6.07) is 0. The Kier molecular flexibility index (Phi) is 2.19. The van der Waals surface area contributed by atoms with Crippen molar-refractivity contribution in [2.75, 3.05) is 0 Å². The molecular formula is C3H2F4O2S. The highest BCUT2D eigenvalue weighted by atomic mass is 32.1. The molecule has 0 saturated heterocycles. The topological polar surface area (TPSA) is 37.3 Å². The van der Waals surface area contributed by atoms with Gasteiger partial charge in [0.25, 0.3) is 0 Å². The third kappa shape index (κ3) is 1.53. The van der Waals surface area contributed by atoms with Gasteiger partial charge in [0.2, 0.25) is 0 Å². The number of alkyl halides is 4. The van der Waals surface area contributed by atoms with E-state index in [1.807, 2.05) is 0 Å². The molecule has 0 aromatic heterocycles. The van der Waals surface area contributed by atoms with Gasteiger partial charge in [0.05, 0.1) is 0 Å². The maximum Gasteiger partial charge on any atom is 0.413 e. The molecule has 0 saturated carbocycles. The summed E-state index contributed by atoms with van der Waals surface area (Å²) in [5.74, 6) is -8.01. The van der Waals surface area contributed by atoms with Crippen LogP contribution in [0.2, 0.25) is 0 Å². The number of hydrogen-bond acceptors (Lipinski definition) is 2. The Morgan fingerprint density at radius 3 is 1.60 bits per heavy atom. The van der Waals surface area contributed by atoms with Crippen molar-refractivity contribution in [1.29, 1.82) is 0 Å². The van der Waals surface area contributed by atoms with Crippen LogP contribution in [0.25, 0.3) is 0 Å². The molecule has 0 aromatic carbocycles. The third-order valence-corrected chi connectivity index (χ3v) is 0.927. The molecule has 0 radical (unpaired) electrons. The summed E-state index contributed by atoms with van der Waals surface area (Å²) in [5, 5.41) is 2.68. The molecule has 0 rings (SSSR count). The zero-order valence-corrected chi connectivity index (χ0v) is 5.21. The lowest BCUT2D eigenvalue weighted by Crippen LogP contribution is -2.43. The first-order valence-corrected chi connectivity index (χ1v) is 2.35. The molecule has 0 amide bonds. The quantitative estimate of drug-likeness (QED) is 0.493. The SMILES string of the molecule is O=C(O)C(F)(F)C(F)(F)S. The zero-order chi connectivity index (χ0) is 8.58. The van der Waals surface area contributed by atoms with Gasteiger partial charge < -0.3 is 5.11 Å². The molecule has 0 heterocycles. The van der Waals surface area contributed by atoms with Gasteiger partial charge in [0.15, 0.2) is 0 Å². The Morgan fingerprint density at radius 2 is 1.60 bits per heavy atom. The van der Waals surface area contributed by atoms with Crippen LogP contribution in [0.1, 0.15) is 0 Å². The second-order valence-corrected chi connectivity index (χ2v) is 1.98. The van der Waals surface area contributed by atoms with Crippen LogP contribution in [0.15, 0.2) is 0 Å². The lowest BCUT2D eigenvalue weighted by molar-refractivity contribution is -0.195. The number of carboxylic acids is 1. The summed E-state index contributed by atoms with van der Waals surface area (Å²) in [6.45, 7) is 0. The van der Waals surface area contributed by atoms with Crippen LogP contribution < -0.4 is 0 Å². The van der Waals surface area contributed by atoms with Crippen LogP contribution >= 0.6 is 12.6 Å². The Balaban J connectivity index is 4.57. The Morgan fingerprint density at radius 1 is 1.30 bits per heavy atom. The summed E-state index contributed by atoms with van der Waals surface area (Å²) in [6.07, 6.45) is 0. The number of rotatable bonds is 2. The molecule has 0 aliphatic rings. The van der Waals surface area contributed by atoms with Gasteiger partial charge in [-0.15, -0.1) is 0 Å². The van der Waals surface area contributed by atoms with Crippen molar-refractivity contribution in [3.63, 3.8) is 0 Å². The van der Waals surface area contributed by atoms with Crippen LogP contribution in [-0.4, -0.2) is 22.3 Å². The smallest absolute Gasteiger partial charge is 0.413 e. The fraction of sp³-hybridized carbons (Fsp3) is 0.667. The van der Waals surface area contributed by atoms with E-state index < -0.39 is 17.1 Å². The minimum Gasteiger partial charge on any atom is -0.477 e. The summed E-state index contributed by atoms with van der Waals surface area (Å²) >= 11 is 2.11. The van der Waals surface area contributed by atoms with Gasteiger partial charge >= 0.3 is 17.1 Å². The molecule has 0 aliphatic heterocycles. The molecule has 0 fully saturated rings. The van der Waals surface area contributed by atoms with E-state index in [1.54, 1.807) is 0 Å². The highest BCUT2D eigenvalue weighted by molar-refractivity contribution is 7.81. The van der Waals surface area contributed by atoms with E-state index in [2.05, 4.69) is 12.6 Å². The molecule has 0 aliphatic carbocycles. The summed E-state index contributed by atoms with van der Waals surface area (Å²) in [7, 11) is 0. The minimum atomic E-state index is -5.11. The minimum absolute atomic E-state index is 2.11. The van der Waals surface area contributed by atoms with Gasteiger partial charge in [0.1, 0.15) is 0 Å². The normalized spacial score (nSPS) is 13.3. The molecule has 0 spiro atoms. The monoisotopic (exact) mass is 178 g/mol. The van der Waals surface area contributed by atoms with E-state index in [4.69, 9.17) is 5.11 Å². The maximum atomic E-state index is 11.6. The number of carbonyl (C=O) groups is 1. The van der Waals surface area contributed by atoms with Crippen molar-refractivity contribution in [3.8, 4) is 0 Å². The van der Waals surface area contributed by atoms with E-state index in [-0.39, 0.29) is 0 Å². The molecule has 2 nitrogen and oxygen atoms in total. The van der Waals surface area contributed by atoms with Gasteiger partial charge in [-0.2, -0.15) is 17.6 Å². The lowest BCUT2D eigenvalue weighted by Gasteiger charge is -2.16. The maximum absolute atomic E-state index is 11.6. The number of aliphatic carboxylic acids is 1. The van der Waals surface area contributed by atoms with Crippen LogP contribution in [0.3, 0.4) is 0 Å². The highest BCUT2D eigenvalue weighted by Crippen LogP contribution is 2.37. The fourth-order valence-corrected chi connectivity index (χ4v) is 0.224. The largest absolute Gasteiger partial charge is 0.477 e. The van der Waals surface area contributed by atoms with Gasteiger partial charge in [-0.3, -0.25) is 0 Å². The first kappa shape index (κ1) is 9.54. The third-order valence-electron chi connectivity index (χ3n) is 0.646. The summed E-state index contributed by atoms with van der Waals surface area (Å²) in [5.41, 5.74) is 0. The van der Waals surface area contributed by atoms with Gasteiger partial charge in [-0.05, 0) is 0 Å². The van der Waals surface area contributed by atoms with Gasteiger partial charge in [0, 0.05) is 0 Å². The van der Waals surface area contributed by atoms with E-state index in [1.165, 1.54) is 0 Å². The number of thiol groups is 1. The van der Waals surface area contributed by atoms with Crippen LogP contribution in [0.4, 0.5) is 17.6 Å². The second-order valence-electron chi connectivity index (χ2n) is 1.42. The van der Waals surface area contributed by atoms with E-state index >= 15 is 0 Å². The van der Waals surface area contributed by atoms with Crippen molar-refractivity contribution in [3.05, 3.63) is 0 Å². The van der Waals surface area contributed by atoms with Crippen molar-refractivity contribution in [2.45, 2.75) is 11.2 Å². The summed E-state index contributed by atoms with van der Waals surface area (Å²) in [4.78, 5) is 9.39. The first-order chi connectivity index (χ1) is 4.19. The van der Waals surface area contributed by atoms with Gasteiger partial charge in [-0.1, -0.05) is 12.6 Å². The Hall–Kier alpha value is -0.460. The molecule has 0 unspecified atom stereocenters. The zero-order valence-electron chi connectivity index (χ0n) is 4.31. The molecule has 0 aromatic rings. The molecule has 1 N–H and O–H groups in total. The van der Waals surface area contributed by atoms with Crippen LogP contribution in [0, 0.1) is 0 Å². The predicted octanol–water partition coefficient (Wildman–Crippen LogP) is 1.23.